The van der Waals surface area contributed by atoms with Gasteiger partial charge in [0.05, 0.1) is 11.4 Å². The smallest absolute Gasteiger partial charge is 0.319 e. The van der Waals surface area contributed by atoms with Gasteiger partial charge < -0.3 is 20.1 Å². The predicted molar refractivity (Wildman–Crippen MR) is 91.2 cm³/mol. The summed E-state index contributed by atoms with van der Waals surface area (Å²) in [6.07, 6.45) is -0.301. The quantitative estimate of drug-likeness (QED) is 0.756. The van der Waals surface area contributed by atoms with Crippen molar-refractivity contribution in [2.75, 3.05) is 18.5 Å². The molecule has 0 spiro atoms. The number of amides is 2. The van der Waals surface area contributed by atoms with Gasteiger partial charge in [-0.1, -0.05) is 12.1 Å². The molecule has 132 valence electrons. The van der Waals surface area contributed by atoms with Crippen LogP contribution in [0.4, 0.5) is 10.5 Å². The Morgan fingerprint density at radius 3 is 2.48 bits per heavy atom. The lowest BCUT2D eigenvalue weighted by molar-refractivity contribution is 0.0922. The summed E-state index contributed by atoms with van der Waals surface area (Å²) >= 11 is 0. The summed E-state index contributed by atoms with van der Waals surface area (Å²) in [4.78, 5) is 11.9. The summed E-state index contributed by atoms with van der Waals surface area (Å²) in [6, 6.07) is 12.4. The van der Waals surface area contributed by atoms with Crippen molar-refractivity contribution in [2.24, 2.45) is 5.14 Å². The fourth-order valence-corrected chi connectivity index (χ4v) is 2.79. The molecule has 2 aromatic carbocycles. The van der Waals surface area contributed by atoms with Crippen molar-refractivity contribution < 1.29 is 22.7 Å². The van der Waals surface area contributed by atoms with Gasteiger partial charge in [0.1, 0.15) is 6.61 Å². The Morgan fingerprint density at radius 2 is 1.80 bits per heavy atom. The summed E-state index contributed by atoms with van der Waals surface area (Å²) in [6.45, 7) is 0.593. The van der Waals surface area contributed by atoms with Crippen LogP contribution in [0, 0.1) is 0 Å². The first kappa shape index (κ1) is 17.1. The highest BCUT2D eigenvalue weighted by atomic mass is 32.2. The fraction of sp³-hybridized carbons (Fsp3) is 0.188. The molecule has 0 saturated carbocycles. The van der Waals surface area contributed by atoms with Gasteiger partial charge in [-0.05, 0) is 36.4 Å². The maximum atomic E-state index is 11.9. The highest BCUT2D eigenvalue weighted by Crippen LogP contribution is 2.30. The van der Waals surface area contributed by atoms with Crippen LogP contribution in [0.3, 0.4) is 0 Å². The Kier molecular flexibility index (Phi) is 4.77. The molecule has 1 unspecified atom stereocenters. The standard InChI is InChI=1S/C16H17N3O5S/c17-25(21,22)13-7-5-11(6-8-13)19-16(20)18-9-12-10-23-14-3-1-2-4-15(14)24-12/h1-8,12H,9-10H2,(H2,17,21,22)(H2,18,19,20). The molecule has 1 aliphatic rings. The van der Waals surface area contributed by atoms with Gasteiger partial charge in [0.15, 0.2) is 17.6 Å². The van der Waals surface area contributed by atoms with Crippen molar-refractivity contribution in [2.45, 2.75) is 11.0 Å². The molecule has 1 aliphatic heterocycles. The minimum atomic E-state index is -3.76. The van der Waals surface area contributed by atoms with E-state index in [0.717, 1.165) is 0 Å². The zero-order valence-corrected chi connectivity index (χ0v) is 14.0. The third kappa shape index (κ3) is 4.40. The van der Waals surface area contributed by atoms with Crippen LogP contribution in [-0.4, -0.2) is 33.7 Å². The van der Waals surface area contributed by atoms with Gasteiger partial charge in [0.25, 0.3) is 0 Å². The van der Waals surface area contributed by atoms with Crippen molar-refractivity contribution in [3.05, 3.63) is 48.5 Å². The minimum Gasteiger partial charge on any atom is -0.486 e. The Morgan fingerprint density at radius 1 is 1.12 bits per heavy atom. The number of nitrogens with two attached hydrogens (primary N) is 1. The maximum Gasteiger partial charge on any atom is 0.319 e. The molecule has 2 amide bonds. The number of carbonyl (C=O) groups is 1. The van der Waals surface area contributed by atoms with E-state index >= 15 is 0 Å². The number of anilines is 1. The third-order valence-corrected chi connectivity index (χ3v) is 4.43. The van der Waals surface area contributed by atoms with Crippen molar-refractivity contribution in [1.29, 1.82) is 0 Å². The average Bonchev–Trinajstić information content (AvgIpc) is 2.59. The fourth-order valence-electron chi connectivity index (χ4n) is 2.27. The van der Waals surface area contributed by atoms with E-state index in [1.165, 1.54) is 24.3 Å². The molecule has 1 atom stereocenters. The van der Waals surface area contributed by atoms with Crippen LogP contribution in [0.25, 0.3) is 0 Å². The van der Waals surface area contributed by atoms with Crippen LogP contribution >= 0.6 is 0 Å². The molecule has 2 aromatic rings. The molecule has 1 heterocycles. The second-order valence-corrected chi connectivity index (χ2v) is 6.96. The Balaban J connectivity index is 1.50. The SMILES string of the molecule is NS(=O)(=O)c1ccc(NC(=O)NCC2COc3ccccc3O2)cc1. The van der Waals surface area contributed by atoms with Crippen molar-refractivity contribution in [3.63, 3.8) is 0 Å². The van der Waals surface area contributed by atoms with Crippen LogP contribution in [0.1, 0.15) is 0 Å². The predicted octanol–water partition coefficient (Wildman–Crippen LogP) is 1.30. The van der Waals surface area contributed by atoms with E-state index < -0.39 is 16.1 Å². The second kappa shape index (κ2) is 6.99. The number of hydrogen-bond donors (Lipinski definition) is 3. The number of ether oxygens (including phenoxy) is 2. The summed E-state index contributed by atoms with van der Waals surface area (Å²) in [7, 11) is -3.76. The van der Waals surface area contributed by atoms with E-state index in [2.05, 4.69) is 10.6 Å². The number of fused-ring (bicyclic) bond motifs is 1. The molecule has 4 N–H and O–H groups in total. The number of primary sulfonamides is 1. The number of benzene rings is 2. The zero-order chi connectivity index (χ0) is 17.9. The molecule has 3 rings (SSSR count). The first-order valence-corrected chi connectivity index (χ1v) is 9.02. The molecule has 25 heavy (non-hydrogen) atoms. The minimum absolute atomic E-state index is 0.0233. The lowest BCUT2D eigenvalue weighted by Gasteiger charge is -2.26. The monoisotopic (exact) mass is 363 g/mol. The molecule has 0 aromatic heterocycles. The van der Waals surface area contributed by atoms with E-state index in [4.69, 9.17) is 14.6 Å². The summed E-state index contributed by atoms with van der Waals surface area (Å²) < 4.78 is 33.7. The number of rotatable bonds is 4. The van der Waals surface area contributed by atoms with Crippen LogP contribution in [0.2, 0.25) is 0 Å². The molecular formula is C16H17N3O5S. The zero-order valence-electron chi connectivity index (χ0n) is 13.1. The van der Waals surface area contributed by atoms with E-state index in [0.29, 0.717) is 23.8 Å². The van der Waals surface area contributed by atoms with Crippen LogP contribution in [0.5, 0.6) is 11.5 Å². The number of nitrogens with one attached hydrogen (secondary N) is 2. The molecule has 0 bridgehead atoms. The topological polar surface area (TPSA) is 120 Å². The number of carbonyl (C=O) groups excluding carboxylic acids is 1. The van der Waals surface area contributed by atoms with E-state index in [9.17, 15) is 13.2 Å². The van der Waals surface area contributed by atoms with Crippen LogP contribution < -0.4 is 25.2 Å². The van der Waals surface area contributed by atoms with Crippen molar-refractivity contribution >= 4 is 21.7 Å². The first-order valence-electron chi connectivity index (χ1n) is 7.48. The molecule has 0 aliphatic carbocycles. The highest BCUT2D eigenvalue weighted by Gasteiger charge is 2.21. The van der Waals surface area contributed by atoms with Gasteiger partial charge in [-0.25, -0.2) is 18.4 Å². The molecular weight excluding hydrogens is 346 g/mol. The maximum absolute atomic E-state index is 11.9. The van der Waals surface area contributed by atoms with Crippen molar-refractivity contribution in [3.8, 4) is 11.5 Å². The second-order valence-electron chi connectivity index (χ2n) is 5.40. The van der Waals surface area contributed by atoms with Crippen LogP contribution in [0.15, 0.2) is 53.4 Å². The molecule has 0 saturated heterocycles. The normalized spacial score (nSPS) is 16.1. The van der Waals surface area contributed by atoms with Gasteiger partial charge in [0, 0.05) is 5.69 Å². The molecule has 0 fully saturated rings. The number of hydrogen-bond acceptors (Lipinski definition) is 5. The van der Waals surface area contributed by atoms with E-state index in [1.54, 1.807) is 6.07 Å². The average molecular weight is 363 g/mol. The van der Waals surface area contributed by atoms with Gasteiger partial charge in [-0.2, -0.15) is 0 Å². The number of sulfonamides is 1. The molecule has 8 nitrogen and oxygen atoms in total. The van der Waals surface area contributed by atoms with E-state index in [-0.39, 0.29) is 17.5 Å². The van der Waals surface area contributed by atoms with Gasteiger partial charge in [0.2, 0.25) is 10.0 Å². The van der Waals surface area contributed by atoms with Crippen molar-refractivity contribution in [1.82, 2.24) is 5.32 Å². The van der Waals surface area contributed by atoms with Gasteiger partial charge >= 0.3 is 6.03 Å². The van der Waals surface area contributed by atoms with E-state index in [1.807, 2.05) is 18.2 Å². The van der Waals surface area contributed by atoms with Gasteiger partial charge in [-0.3, -0.25) is 0 Å². The molecule has 9 heteroatoms. The lowest BCUT2D eigenvalue weighted by atomic mass is 10.2. The lowest BCUT2D eigenvalue weighted by Crippen LogP contribution is -2.42. The van der Waals surface area contributed by atoms with Crippen LogP contribution in [-0.2, 0) is 10.0 Å². The largest absolute Gasteiger partial charge is 0.486 e. The summed E-state index contributed by atoms with van der Waals surface area (Å²) in [5.41, 5.74) is 0.441. The summed E-state index contributed by atoms with van der Waals surface area (Å²) in [5.74, 6) is 1.32. The number of para-hydroxylation sites is 2. The first-order chi connectivity index (χ1) is 11.9. The Labute approximate surface area is 145 Å². The van der Waals surface area contributed by atoms with Gasteiger partial charge in [-0.15, -0.1) is 0 Å². The third-order valence-electron chi connectivity index (χ3n) is 3.50. The highest BCUT2D eigenvalue weighted by molar-refractivity contribution is 7.89. The Hall–Kier alpha value is -2.78. The number of urea groups is 1. The Bertz CT molecular complexity index is 868. The molecule has 0 radical (unpaired) electrons. The summed E-state index contributed by atoms with van der Waals surface area (Å²) in [5, 5.41) is 10.3.